The Morgan fingerprint density at radius 3 is 2.78 bits per heavy atom. The molecule has 5 nitrogen and oxygen atoms in total. The molecule has 0 spiro atoms. The molecule has 0 bridgehead atoms. The number of hydrogen-bond donors (Lipinski definition) is 2. The first-order valence-electron chi connectivity index (χ1n) is 7.09. The van der Waals surface area contributed by atoms with Crippen LogP contribution >= 0.6 is 0 Å². The van der Waals surface area contributed by atoms with Crippen LogP contribution in [0.5, 0.6) is 0 Å². The summed E-state index contributed by atoms with van der Waals surface area (Å²) in [6.07, 6.45) is 5.97. The number of morpholine rings is 1. The molecule has 0 radical (unpaired) electrons. The summed E-state index contributed by atoms with van der Waals surface area (Å²) in [5.74, 6) is 0. The maximum Gasteiger partial charge on any atom is 0.317 e. The fraction of sp³-hybridized carbons (Fsp3) is 0.923. The number of nitrogens with zero attached hydrogens (tertiary/aromatic N) is 1. The Kier molecular flexibility index (Phi) is 4.83. The van der Waals surface area contributed by atoms with Gasteiger partial charge in [0.1, 0.15) is 0 Å². The standard InChI is InChI=1S/C13H25N3O2/c1-10(14)12-9-16(7-8-18-12)13(17)15-11-5-3-2-4-6-11/h10-12H,2-9,14H2,1H3,(H,15,17). The molecule has 2 amide bonds. The molecule has 1 heterocycles. The topological polar surface area (TPSA) is 67.6 Å². The monoisotopic (exact) mass is 255 g/mol. The van der Waals surface area contributed by atoms with E-state index in [1.54, 1.807) is 0 Å². The van der Waals surface area contributed by atoms with Crippen LogP contribution < -0.4 is 11.1 Å². The maximum atomic E-state index is 12.2. The van der Waals surface area contributed by atoms with Gasteiger partial charge in [0.25, 0.3) is 0 Å². The third kappa shape index (κ3) is 3.59. The number of amides is 2. The Morgan fingerprint density at radius 2 is 2.11 bits per heavy atom. The summed E-state index contributed by atoms with van der Waals surface area (Å²) in [6.45, 7) is 3.79. The van der Waals surface area contributed by atoms with Crippen molar-refractivity contribution in [2.45, 2.75) is 57.2 Å². The molecule has 3 N–H and O–H groups in total. The Hall–Kier alpha value is -0.810. The number of carbonyl (C=O) groups excluding carboxylic acids is 1. The highest BCUT2D eigenvalue weighted by atomic mass is 16.5. The predicted molar refractivity (Wildman–Crippen MR) is 70.4 cm³/mol. The first kappa shape index (κ1) is 13.6. The molecular weight excluding hydrogens is 230 g/mol. The average molecular weight is 255 g/mol. The van der Waals surface area contributed by atoms with E-state index in [1.165, 1.54) is 19.3 Å². The van der Waals surface area contributed by atoms with Gasteiger partial charge in [0.2, 0.25) is 0 Å². The van der Waals surface area contributed by atoms with Gasteiger partial charge in [0.15, 0.2) is 0 Å². The lowest BCUT2D eigenvalue weighted by Crippen LogP contribution is -2.55. The van der Waals surface area contributed by atoms with Crippen molar-refractivity contribution in [3.63, 3.8) is 0 Å². The van der Waals surface area contributed by atoms with Gasteiger partial charge in [0.05, 0.1) is 19.3 Å². The van der Waals surface area contributed by atoms with Crippen molar-refractivity contribution in [3.8, 4) is 0 Å². The van der Waals surface area contributed by atoms with Crippen LogP contribution in [0.25, 0.3) is 0 Å². The maximum absolute atomic E-state index is 12.2. The Morgan fingerprint density at radius 1 is 1.39 bits per heavy atom. The molecule has 1 aliphatic carbocycles. The van der Waals surface area contributed by atoms with Gasteiger partial charge < -0.3 is 20.7 Å². The summed E-state index contributed by atoms with van der Waals surface area (Å²) in [5, 5.41) is 3.14. The lowest BCUT2D eigenvalue weighted by atomic mass is 9.96. The van der Waals surface area contributed by atoms with E-state index < -0.39 is 0 Å². The second-order valence-electron chi connectivity index (χ2n) is 5.50. The highest BCUT2D eigenvalue weighted by Crippen LogP contribution is 2.18. The fourth-order valence-corrected chi connectivity index (χ4v) is 2.69. The van der Waals surface area contributed by atoms with Gasteiger partial charge in [-0.3, -0.25) is 0 Å². The summed E-state index contributed by atoms with van der Waals surface area (Å²) in [7, 11) is 0. The van der Waals surface area contributed by atoms with E-state index in [0.29, 0.717) is 25.7 Å². The number of ether oxygens (including phenoxy) is 1. The van der Waals surface area contributed by atoms with Crippen LogP contribution in [-0.4, -0.2) is 48.8 Å². The molecule has 2 fully saturated rings. The molecule has 1 aliphatic heterocycles. The minimum Gasteiger partial charge on any atom is -0.373 e. The summed E-state index contributed by atoms with van der Waals surface area (Å²) < 4.78 is 5.56. The number of nitrogens with one attached hydrogen (secondary N) is 1. The molecule has 1 saturated carbocycles. The molecule has 0 aromatic carbocycles. The van der Waals surface area contributed by atoms with Gasteiger partial charge in [-0.1, -0.05) is 19.3 Å². The Balaban J connectivity index is 1.80. The third-order valence-corrected chi connectivity index (χ3v) is 3.90. The van der Waals surface area contributed by atoms with Crippen molar-refractivity contribution in [1.82, 2.24) is 10.2 Å². The van der Waals surface area contributed by atoms with Gasteiger partial charge in [-0.05, 0) is 19.8 Å². The summed E-state index contributed by atoms with van der Waals surface area (Å²) in [4.78, 5) is 14.0. The van der Waals surface area contributed by atoms with Crippen LogP contribution in [0.15, 0.2) is 0 Å². The summed E-state index contributed by atoms with van der Waals surface area (Å²) >= 11 is 0. The van der Waals surface area contributed by atoms with E-state index in [9.17, 15) is 4.79 Å². The molecule has 2 atom stereocenters. The van der Waals surface area contributed by atoms with E-state index in [-0.39, 0.29) is 18.2 Å². The zero-order valence-electron chi connectivity index (χ0n) is 11.2. The SMILES string of the molecule is CC(N)C1CN(C(=O)NC2CCCCC2)CCO1. The van der Waals surface area contributed by atoms with Crippen molar-refractivity contribution in [2.75, 3.05) is 19.7 Å². The smallest absolute Gasteiger partial charge is 0.317 e. The average Bonchev–Trinajstić information content (AvgIpc) is 2.40. The van der Waals surface area contributed by atoms with E-state index in [0.717, 1.165) is 12.8 Å². The van der Waals surface area contributed by atoms with Crippen LogP contribution in [0.3, 0.4) is 0 Å². The van der Waals surface area contributed by atoms with Crippen molar-refractivity contribution >= 4 is 6.03 Å². The minimum absolute atomic E-state index is 0.0316. The van der Waals surface area contributed by atoms with Crippen molar-refractivity contribution < 1.29 is 9.53 Å². The van der Waals surface area contributed by atoms with Crippen LogP contribution in [0.1, 0.15) is 39.0 Å². The molecule has 2 unspecified atom stereocenters. The highest BCUT2D eigenvalue weighted by Gasteiger charge is 2.27. The second kappa shape index (κ2) is 6.38. The number of nitrogens with two attached hydrogens (primary N) is 1. The van der Waals surface area contributed by atoms with Gasteiger partial charge >= 0.3 is 6.03 Å². The summed E-state index contributed by atoms with van der Waals surface area (Å²) in [5.41, 5.74) is 5.83. The Bertz CT molecular complexity index is 277. The molecular formula is C13H25N3O2. The van der Waals surface area contributed by atoms with E-state index >= 15 is 0 Å². The number of urea groups is 1. The second-order valence-corrected chi connectivity index (χ2v) is 5.50. The number of rotatable bonds is 2. The quantitative estimate of drug-likeness (QED) is 0.776. The molecule has 0 aromatic heterocycles. The lowest BCUT2D eigenvalue weighted by Gasteiger charge is -2.36. The van der Waals surface area contributed by atoms with Gasteiger partial charge in [-0.15, -0.1) is 0 Å². The van der Waals surface area contributed by atoms with Crippen LogP contribution in [-0.2, 0) is 4.74 Å². The van der Waals surface area contributed by atoms with Gasteiger partial charge in [-0.2, -0.15) is 0 Å². The van der Waals surface area contributed by atoms with Crippen molar-refractivity contribution in [2.24, 2.45) is 5.73 Å². The van der Waals surface area contributed by atoms with Crippen LogP contribution in [0.2, 0.25) is 0 Å². The van der Waals surface area contributed by atoms with Crippen molar-refractivity contribution in [3.05, 3.63) is 0 Å². The zero-order chi connectivity index (χ0) is 13.0. The zero-order valence-corrected chi connectivity index (χ0v) is 11.2. The van der Waals surface area contributed by atoms with Crippen molar-refractivity contribution in [1.29, 1.82) is 0 Å². The normalized spacial score (nSPS) is 27.9. The number of carbonyl (C=O) groups is 1. The molecule has 2 rings (SSSR count). The molecule has 0 aromatic rings. The van der Waals surface area contributed by atoms with E-state index in [4.69, 9.17) is 10.5 Å². The largest absolute Gasteiger partial charge is 0.373 e. The minimum atomic E-state index is -0.0321. The molecule has 2 aliphatic rings. The van der Waals surface area contributed by atoms with E-state index in [1.807, 2.05) is 11.8 Å². The molecule has 1 saturated heterocycles. The first-order valence-corrected chi connectivity index (χ1v) is 7.09. The Labute approximate surface area is 109 Å². The predicted octanol–water partition coefficient (Wildman–Crippen LogP) is 1.08. The van der Waals surface area contributed by atoms with Gasteiger partial charge in [-0.25, -0.2) is 4.79 Å². The molecule has 5 heteroatoms. The first-order chi connectivity index (χ1) is 8.66. The highest BCUT2D eigenvalue weighted by molar-refractivity contribution is 5.74. The van der Waals surface area contributed by atoms with Crippen LogP contribution in [0, 0.1) is 0 Å². The number of hydrogen-bond acceptors (Lipinski definition) is 3. The summed E-state index contributed by atoms with van der Waals surface area (Å²) in [6, 6.07) is 0.383. The fourth-order valence-electron chi connectivity index (χ4n) is 2.69. The van der Waals surface area contributed by atoms with Crippen LogP contribution in [0.4, 0.5) is 4.79 Å². The third-order valence-electron chi connectivity index (χ3n) is 3.90. The molecule has 18 heavy (non-hydrogen) atoms. The molecule has 104 valence electrons. The van der Waals surface area contributed by atoms with Gasteiger partial charge in [0, 0.05) is 18.6 Å². The lowest BCUT2D eigenvalue weighted by molar-refractivity contribution is -0.0242. The van der Waals surface area contributed by atoms with E-state index in [2.05, 4.69) is 5.32 Å².